The minimum absolute atomic E-state index is 0.0489. The first-order valence-electron chi connectivity index (χ1n) is 8.46. The monoisotopic (exact) mass is 450 g/mol. The van der Waals surface area contributed by atoms with Gasteiger partial charge in [0.15, 0.2) is 0 Å². The van der Waals surface area contributed by atoms with Crippen LogP contribution in [0.3, 0.4) is 0 Å². The molecule has 0 spiro atoms. The molecule has 124 valence electrons. The van der Waals surface area contributed by atoms with E-state index in [-0.39, 0.29) is 15.7 Å². The molecular weight excluding hydrogens is 409 g/mol. The van der Waals surface area contributed by atoms with Gasteiger partial charge in [0.05, 0.1) is 0 Å². The van der Waals surface area contributed by atoms with Crippen LogP contribution in [0.5, 0.6) is 0 Å². The van der Waals surface area contributed by atoms with E-state index >= 15 is 0 Å². The zero-order chi connectivity index (χ0) is 17.3. The Morgan fingerprint density at radius 3 is 1.00 bits per heavy atom. The molecule has 21 heavy (non-hydrogen) atoms. The van der Waals surface area contributed by atoms with Gasteiger partial charge < -0.3 is 0 Å². The predicted octanol–water partition coefficient (Wildman–Crippen LogP) is 5.26. The average molecular weight is 450 g/mol. The maximum atomic E-state index is 2.84. The van der Waals surface area contributed by atoms with Gasteiger partial charge in [-0.05, 0) is 0 Å². The first-order valence-corrected chi connectivity index (χ1v) is 34.1. The molecule has 0 atom stereocenters. The van der Waals surface area contributed by atoms with Crippen molar-refractivity contribution in [3.63, 3.8) is 0 Å². The van der Waals surface area contributed by atoms with E-state index in [0.29, 0.717) is 15.4 Å². The molecule has 1 saturated heterocycles. The molecule has 0 saturated carbocycles. The second-order valence-corrected chi connectivity index (χ2v) is 67.5. The van der Waals surface area contributed by atoms with E-state index in [0.717, 1.165) is 0 Å². The van der Waals surface area contributed by atoms with Crippen molar-refractivity contribution in [3.05, 3.63) is 0 Å². The predicted molar refractivity (Wildman–Crippen MR) is 120 cm³/mol. The molecule has 4 radical (unpaired) electrons. The fraction of sp³-hybridized carbons (Fsp3) is 1.00. The molecule has 0 aliphatic carbocycles. The summed E-state index contributed by atoms with van der Waals surface area (Å²) in [4.78, 5) is 0. The molecule has 0 amide bonds. The van der Waals surface area contributed by atoms with Crippen molar-refractivity contribution >= 4 is 60.5 Å². The summed E-state index contributed by atoms with van der Waals surface area (Å²) in [5.41, 5.74) is 0. The third-order valence-electron chi connectivity index (χ3n) is 5.51. The Bertz CT molecular complexity index is 297. The zero-order valence-electron chi connectivity index (χ0n) is 16.9. The molecule has 0 aromatic carbocycles. The maximum absolute atomic E-state index is 2.84. The molecule has 1 aliphatic rings. The standard InChI is InChI=1S/C12H34Si6.C2H6Ge/c1-15(2,3)13-11-12-14(16(4,5)6)18(9,10)17(13,7)8;1-3-2/h11-12H2,1-10H3;1-2H3. The third-order valence-corrected chi connectivity index (χ3v) is 97.7. The van der Waals surface area contributed by atoms with Crippen LogP contribution in [0.4, 0.5) is 0 Å². The van der Waals surface area contributed by atoms with Gasteiger partial charge in [0.1, 0.15) is 0 Å². The summed E-state index contributed by atoms with van der Waals surface area (Å²) >= 11 is 0.500. The van der Waals surface area contributed by atoms with Gasteiger partial charge in [0, 0.05) is 45.1 Å². The number of hydrogen-bond acceptors (Lipinski definition) is 0. The molecule has 0 aromatic heterocycles. The summed E-state index contributed by atoms with van der Waals surface area (Å²) in [5, 5.41) is 0. The van der Waals surface area contributed by atoms with Crippen molar-refractivity contribution in [2.45, 2.75) is 89.1 Å². The van der Waals surface area contributed by atoms with E-state index in [1.165, 1.54) is 0 Å². The summed E-state index contributed by atoms with van der Waals surface area (Å²) < 4.78 is 0. The van der Waals surface area contributed by atoms with Crippen LogP contribution in [-0.4, -0.2) is 60.5 Å². The van der Waals surface area contributed by atoms with Gasteiger partial charge in [0.2, 0.25) is 0 Å². The summed E-state index contributed by atoms with van der Waals surface area (Å²) in [6, 6.07) is 3.46. The SMILES string of the molecule is C[Si](C)(C)[Si]1CC[Si]([Si](C)(C)C)[Si](C)(C)[Si]1(C)C.[CH3][Ge][CH3]. The Kier molecular flexibility index (Phi) is 8.50. The summed E-state index contributed by atoms with van der Waals surface area (Å²) in [6.45, 7) is 27.5. The van der Waals surface area contributed by atoms with Crippen molar-refractivity contribution in [3.8, 4) is 0 Å². The molecular formula is C14H40GeSi6. The Morgan fingerprint density at radius 1 is 0.667 bits per heavy atom. The van der Waals surface area contributed by atoms with Crippen LogP contribution < -0.4 is 0 Å². The Morgan fingerprint density at radius 2 is 0.857 bits per heavy atom. The fourth-order valence-corrected chi connectivity index (χ4v) is 144. The Hall–Kier alpha value is 1.84. The van der Waals surface area contributed by atoms with E-state index in [2.05, 4.69) is 77.0 Å². The van der Waals surface area contributed by atoms with E-state index in [4.69, 9.17) is 0 Å². The Labute approximate surface area is 149 Å². The molecule has 1 rings (SSSR count). The van der Waals surface area contributed by atoms with Gasteiger partial charge in [0.25, 0.3) is 0 Å². The van der Waals surface area contributed by atoms with Crippen LogP contribution >= 0.6 is 0 Å². The van der Waals surface area contributed by atoms with Crippen molar-refractivity contribution in [1.29, 1.82) is 0 Å². The van der Waals surface area contributed by atoms with Gasteiger partial charge in [-0.2, -0.15) is 0 Å². The second kappa shape index (κ2) is 7.82. The molecule has 1 aliphatic heterocycles. The minimum atomic E-state index is -0.873. The fourth-order valence-electron chi connectivity index (χ4n) is 4.25. The van der Waals surface area contributed by atoms with Crippen LogP contribution in [-0.2, 0) is 0 Å². The van der Waals surface area contributed by atoms with Crippen LogP contribution in [0, 0.1) is 0 Å². The summed E-state index contributed by atoms with van der Waals surface area (Å²) in [5.74, 6) is 4.50. The van der Waals surface area contributed by atoms with Crippen molar-refractivity contribution < 1.29 is 0 Å². The van der Waals surface area contributed by atoms with E-state index < -0.39 is 29.4 Å². The molecule has 1 heterocycles. The normalized spacial score (nSPS) is 23.4. The van der Waals surface area contributed by atoms with E-state index in [1.807, 2.05) is 0 Å². The zero-order valence-corrected chi connectivity index (χ0v) is 25.0. The molecule has 0 aromatic rings. The third kappa shape index (κ3) is 5.42. The molecule has 0 nitrogen and oxygen atoms in total. The van der Waals surface area contributed by atoms with Gasteiger partial charge >= 0.3 is 26.9 Å². The van der Waals surface area contributed by atoms with Crippen molar-refractivity contribution in [1.82, 2.24) is 0 Å². The van der Waals surface area contributed by atoms with Gasteiger partial charge in [-0.15, -0.1) is 0 Å². The van der Waals surface area contributed by atoms with Gasteiger partial charge in [-0.3, -0.25) is 0 Å². The molecule has 0 bridgehead atoms. The Balaban J connectivity index is 0.00000122. The average Bonchev–Trinajstić information content (AvgIpc) is 2.19. The summed E-state index contributed by atoms with van der Waals surface area (Å²) in [7, 11) is -3.33. The van der Waals surface area contributed by atoms with Crippen molar-refractivity contribution in [2.75, 3.05) is 0 Å². The number of rotatable bonds is 2. The molecule has 0 N–H and O–H groups in total. The molecule has 1 fully saturated rings. The summed E-state index contributed by atoms with van der Waals surface area (Å²) in [6.07, 6.45) is 0. The van der Waals surface area contributed by atoms with E-state index in [1.54, 1.807) is 12.1 Å². The quantitative estimate of drug-likeness (QED) is 0.505. The van der Waals surface area contributed by atoms with E-state index in [9.17, 15) is 0 Å². The topological polar surface area (TPSA) is 0 Å². The number of hydrogen-bond donors (Lipinski definition) is 0. The van der Waals surface area contributed by atoms with Gasteiger partial charge in [-0.1, -0.05) is 77.6 Å². The molecule has 0 unspecified atom stereocenters. The van der Waals surface area contributed by atoms with Crippen LogP contribution in [0.1, 0.15) is 0 Å². The first-order chi connectivity index (χ1) is 9.14. The van der Waals surface area contributed by atoms with Crippen molar-refractivity contribution in [2.24, 2.45) is 0 Å². The van der Waals surface area contributed by atoms with Crippen LogP contribution in [0.25, 0.3) is 0 Å². The van der Waals surface area contributed by atoms with Gasteiger partial charge in [-0.25, -0.2) is 0 Å². The molecule has 7 heteroatoms. The van der Waals surface area contributed by atoms with Crippen LogP contribution in [0.15, 0.2) is 0 Å². The first kappa shape index (κ1) is 22.8. The second-order valence-electron chi connectivity index (χ2n) is 9.71. The van der Waals surface area contributed by atoms with Crippen LogP contribution in [0.2, 0.25) is 89.1 Å².